The Morgan fingerprint density at radius 3 is 2.81 bits per heavy atom. The fourth-order valence-corrected chi connectivity index (χ4v) is 1.92. The maximum absolute atomic E-state index is 12.2. The van der Waals surface area contributed by atoms with E-state index >= 15 is 0 Å². The van der Waals surface area contributed by atoms with Crippen LogP contribution >= 0.6 is 11.3 Å². The Morgan fingerprint density at radius 2 is 2.38 bits per heavy atom. The lowest BCUT2D eigenvalue weighted by molar-refractivity contribution is 0.0513. The van der Waals surface area contributed by atoms with Crippen LogP contribution in [0.5, 0.6) is 0 Å². The summed E-state index contributed by atoms with van der Waals surface area (Å²) in [5, 5.41) is 9.40. The maximum atomic E-state index is 12.2. The molecule has 7 heteroatoms. The summed E-state index contributed by atoms with van der Waals surface area (Å²) in [6.07, 6.45) is -1.25. The Balaban J connectivity index is 2.74. The van der Waals surface area contributed by atoms with E-state index in [4.69, 9.17) is 5.11 Å². The minimum atomic E-state index is -2.61. The lowest BCUT2D eigenvalue weighted by Crippen LogP contribution is -2.36. The van der Waals surface area contributed by atoms with Crippen LogP contribution in [0.3, 0.4) is 0 Å². The van der Waals surface area contributed by atoms with Gasteiger partial charge in [0.15, 0.2) is 0 Å². The number of nitrogens with zero attached hydrogens (tertiary/aromatic N) is 2. The molecular formula is C9H12F2N2O2S. The largest absolute Gasteiger partial charge is 0.395 e. The monoisotopic (exact) mass is 250 g/mol. The molecule has 16 heavy (non-hydrogen) atoms. The topological polar surface area (TPSA) is 53.4 Å². The molecule has 1 aromatic rings. The molecule has 4 nitrogen and oxygen atoms in total. The van der Waals surface area contributed by atoms with E-state index in [0.29, 0.717) is 9.88 Å². The minimum Gasteiger partial charge on any atom is -0.395 e. The quantitative estimate of drug-likeness (QED) is 0.853. The standard InChI is InChI=1S/C9H12F2N2O2S/c1-6-12-4-7(16-6)9(15)13(2-3-14)5-8(10)11/h4,8,14H,2-3,5H2,1H3. The molecule has 0 saturated carbocycles. The Hall–Kier alpha value is -1.08. The molecule has 1 aromatic heterocycles. The van der Waals surface area contributed by atoms with Gasteiger partial charge in [0.05, 0.1) is 24.4 Å². The van der Waals surface area contributed by atoms with Gasteiger partial charge in [-0.3, -0.25) is 4.79 Å². The van der Waals surface area contributed by atoms with E-state index in [0.717, 1.165) is 16.2 Å². The number of aliphatic hydroxyl groups excluding tert-OH is 1. The Labute approximate surface area is 95.5 Å². The summed E-state index contributed by atoms with van der Waals surface area (Å²) in [5.74, 6) is -0.514. The molecule has 1 N–H and O–H groups in total. The number of carbonyl (C=O) groups is 1. The van der Waals surface area contributed by atoms with Crippen molar-refractivity contribution in [3.8, 4) is 0 Å². The number of carbonyl (C=O) groups excluding carboxylic acids is 1. The second kappa shape index (κ2) is 5.86. The number of hydrogen-bond acceptors (Lipinski definition) is 4. The van der Waals surface area contributed by atoms with E-state index in [9.17, 15) is 13.6 Å². The van der Waals surface area contributed by atoms with Gasteiger partial charge in [-0.05, 0) is 6.92 Å². The average Bonchev–Trinajstić information content (AvgIpc) is 2.62. The first-order chi connectivity index (χ1) is 7.54. The molecular weight excluding hydrogens is 238 g/mol. The van der Waals surface area contributed by atoms with Gasteiger partial charge in [-0.15, -0.1) is 11.3 Å². The second-order valence-corrected chi connectivity index (χ2v) is 4.34. The molecule has 0 bridgehead atoms. The third-order valence-corrected chi connectivity index (χ3v) is 2.75. The van der Waals surface area contributed by atoms with Gasteiger partial charge in [0.2, 0.25) is 0 Å². The number of alkyl halides is 2. The van der Waals surface area contributed by atoms with Crippen molar-refractivity contribution < 1.29 is 18.7 Å². The highest BCUT2D eigenvalue weighted by molar-refractivity contribution is 7.13. The molecule has 0 fully saturated rings. The van der Waals surface area contributed by atoms with Crippen LogP contribution in [-0.2, 0) is 0 Å². The Bertz CT molecular complexity index is 357. The van der Waals surface area contributed by atoms with Gasteiger partial charge in [-0.2, -0.15) is 0 Å². The van der Waals surface area contributed by atoms with Crippen LogP contribution in [0.1, 0.15) is 14.7 Å². The maximum Gasteiger partial charge on any atom is 0.265 e. The van der Waals surface area contributed by atoms with Gasteiger partial charge in [-0.1, -0.05) is 0 Å². The first-order valence-electron chi connectivity index (χ1n) is 4.65. The minimum absolute atomic E-state index is 0.0971. The highest BCUT2D eigenvalue weighted by atomic mass is 32.1. The predicted octanol–water partition coefficient (Wildman–Crippen LogP) is 1.15. The summed E-state index contributed by atoms with van der Waals surface area (Å²) in [6.45, 7) is 0.623. The summed E-state index contributed by atoms with van der Waals surface area (Å²) < 4.78 is 24.4. The highest BCUT2D eigenvalue weighted by Gasteiger charge is 2.20. The van der Waals surface area contributed by atoms with Crippen molar-refractivity contribution in [2.45, 2.75) is 13.3 Å². The van der Waals surface area contributed by atoms with Crippen molar-refractivity contribution >= 4 is 17.2 Å². The van der Waals surface area contributed by atoms with Crippen molar-refractivity contribution in [3.05, 3.63) is 16.1 Å². The molecule has 0 saturated heterocycles. The van der Waals surface area contributed by atoms with Crippen LogP contribution in [-0.4, -0.2) is 47.0 Å². The molecule has 90 valence electrons. The molecule has 0 aliphatic carbocycles. The Kier molecular flexibility index (Phi) is 4.75. The van der Waals surface area contributed by atoms with Gasteiger partial charge in [0, 0.05) is 6.54 Å². The number of rotatable bonds is 5. The van der Waals surface area contributed by atoms with E-state index in [1.807, 2.05) is 0 Å². The zero-order chi connectivity index (χ0) is 12.1. The summed E-state index contributed by atoms with van der Waals surface area (Å²) in [5.41, 5.74) is 0. The smallest absolute Gasteiger partial charge is 0.265 e. The van der Waals surface area contributed by atoms with Crippen molar-refractivity contribution in [1.82, 2.24) is 9.88 Å². The molecule has 0 atom stereocenters. The molecule has 0 aliphatic rings. The van der Waals surface area contributed by atoms with E-state index < -0.39 is 18.9 Å². The highest BCUT2D eigenvalue weighted by Crippen LogP contribution is 2.14. The normalized spacial score (nSPS) is 10.8. The fraction of sp³-hybridized carbons (Fsp3) is 0.556. The van der Waals surface area contributed by atoms with Gasteiger partial charge in [0.25, 0.3) is 12.3 Å². The molecule has 1 heterocycles. The molecule has 0 aromatic carbocycles. The van der Waals surface area contributed by atoms with Crippen molar-refractivity contribution in [1.29, 1.82) is 0 Å². The predicted molar refractivity (Wildman–Crippen MR) is 55.8 cm³/mol. The lowest BCUT2D eigenvalue weighted by Gasteiger charge is -2.20. The Morgan fingerprint density at radius 1 is 1.69 bits per heavy atom. The number of amides is 1. The van der Waals surface area contributed by atoms with Crippen molar-refractivity contribution in [2.24, 2.45) is 0 Å². The van der Waals surface area contributed by atoms with Crippen LogP contribution in [0.2, 0.25) is 0 Å². The summed E-state index contributed by atoms with van der Waals surface area (Å²) >= 11 is 1.15. The van der Waals surface area contributed by atoms with Crippen molar-refractivity contribution in [3.63, 3.8) is 0 Å². The third-order valence-electron chi connectivity index (χ3n) is 1.85. The number of halogens is 2. The zero-order valence-electron chi connectivity index (χ0n) is 8.69. The van der Waals surface area contributed by atoms with E-state index in [-0.39, 0.29) is 13.2 Å². The van der Waals surface area contributed by atoms with E-state index in [1.54, 1.807) is 6.92 Å². The summed E-state index contributed by atoms with van der Waals surface area (Å²) in [4.78, 5) is 16.9. The molecule has 0 aliphatic heterocycles. The first-order valence-corrected chi connectivity index (χ1v) is 5.47. The average molecular weight is 250 g/mol. The number of aliphatic hydroxyl groups is 1. The van der Waals surface area contributed by atoms with Crippen LogP contribution in [0.25, 0.3) is 0 Å². The lowest BCUT2D eigenvalue weighted by atomic mass is 10.4. The van der Waals surface area contributed by atoms with Crippen molar-refractivity contribution in [2.75, 3.05) is 19.7 Å². The van der Waals surface area contributed by atoms with Crippen LogP contribution < -0.4 is 0 Å². The van der Waals surface area contributed by atoms with E-state index in [1.165, 1.54) is 6.20 Å². The molecule has 0 unspecified atom stereocenters. The fourth-order valence-electron chi connectivity index (χ4n) is 1.18. The van der Waals surface area contributed by atoms with Crippen LogP contribution in [0.15, 0.2) is 6.20 Å². The number of thiazole rings is 1. The molecule has 1 rings (SSSR count). The second-order valence-electron chi connectivity index (χ2n) is 3.11. The van der Waals surface area contributed by atoms with Gasteiger partial charge >= 0.3 is 0 Å². The molecule has 1 amide bonds. The molecule has 0 radical (unpaired) electrons. The van der Waals surface area contributed by atoms with E-state index in [2.05, 4.69) is 4.98 Å². The SMILES string of the molecule is Cc1ncc(C(=O)N(CCO)CC(F)F)s1. The van der Waals surface area contributed by atoms with Crippen LogP contribution in [0, 0.1) is 6.92 Å². The molecule has 0 spiro atoms. The summed E-state index contributed by atoms with van der Waals surface area (Å²) in [7, 11) is 0. The van der Waals surface area contributed by atoms with Gasteiger partial charge in [-0.25, -0.2) is 13.8 Å². The van der Waals surface area contributed by atoms with Crippen LogP contribution in [0.4, 0.5) is 8.78 Å². The van der Waals surface area contributed by atoms with Gasteiger partial charge < -0.3 is 10.0 Å². The number of aromatic nitrogens is 1. The van der Waals surface area contributed by atoms with Gasteiger partial charge in [0.1, 0.15) is 4.88 Å². The first kappa shape index (κ1) is 13.0. The number of aryl methyl sites for hydroxylation is 1. The number of hydrogen-bond donors (Lipinski definition) is 1. The summed E-state index contributed by atoms with van der Waals surface area (Å²) in [6, 6.07) is 0. The third kappa shape index (κ3) is 3.49. The zero-order valence-corrected chi connectivity index (χ0v) is 9.51.